The van der Waals surface area contributed by atoms with Gasteiger partial charge in [0.2, 0.25) is 0 Å². The van der Waals surface area contributed by atoms with Gasteiger partial charge in [-0.3, -0.25) is 0 Å². The molecule has 5 nitrogen and oxygen atoms in total. The number of hydrogen-bond donors (Lipinski definition) is 0. The van der Waals surface area contributed by atoms with Gasteiger partial charge in [-0.05, 0) is 0 Å². The number of ether oxygens (including phenoxy) is 1. The van der Waals surface area contributed by atoms with Crippen molar-refractivity contribution in [1.82, 2.24) is 0 Å². The molecule has 0 bridgehead atoms. The van der Waals surface area contributed by atoms with Gasteiger partial charge in [-0.15, -0.1) is 0 Å². The fraction of sp³-hybridized carbons (Fsp3) is 0.250. The summed E-state index contributed by atoms with van der Waals surface area (Å²) in [5, 5.41) is 0. The van der Waals surface area contributed by atoms with E-state index < -0.39 is 16.6 Å². The molecule has 0 unspecified atom stereocenters. The molecule has 0 saturated heterocycles. The van der Waals surface area contributed by atoms with Crippen LogP contribution in [0.15, 0.2) is 17.0 Å². The summed E-state index contributed by atoms with van der Waals surface area (Å²) < 4.78 is 26.1. The first-order chi connectivity index (χ1) is 4.66. The highest BCUT2D eigenvalue weighted by Gasteiger charge is 1.95. The lowest BCUT2D eigenvalue weighted by molar-refractivity contribution is 0.170. The highest BCUT2D eigenvalue weighted by atomic mass is 32.2. The summed E-state index contributed by atoms with van der Waals surface area (Å²) in [5.74, 6) is 0. The van der Waals surface area contributed by atoms with Crippen molar-refractivity contribution < 1.29 is 17.9 Å². The summed E-state index contributed by atoms with van der Waals surface area (Å²) in [4.78, 5) is 10.2. The maximum atomic E-state index is 10.2. The quantitative estimate of drug-likeness (QED) is 0.551. The minimum atomic E-state index is -2.73. The molecule has 0 spiro atoms. The van der Waals surface area contributed by atoms with Gasteiger partial charge < -0.3 is 4.74 Å². The molecule has 0 rings (SSSR count). The van der Waals surface area contributed by atoms with E-state index in [4.69, 9.17) is 0 Å². The molecule has 0 aromatic heterocycles. The molecule has 0 saturated carbocycles. The Hall–Kier alpha value is -1.17. The Labute approximate surface area is 59.0 Å². The zero-order valence-corrected chi connectivity index (χ0v) is 5.80. The first-order valence-corrected chi connectivity index (χ1v) is 3.28. The molecule has 0 aliphatic heterocycles. The van der Waals surface area contributed by atoms with Gasteiger partial charge in [0.25, 0.3) is 0 Å². The average molecular weight is 163 g/mol. The van der Waals surface area contributed by atoms with Crippen molar-refractivity contribution in [2.75, 3.05) is 6.61 Å². The first-order valence-electron chi connectivity index (χ1n) is 2.25. The van der Waals surface area contributed by atoms with Crippen LogP contribution in [0.3, 0.4) is 0 Å². The Morgan fingerprint density at radius 1 is 1.70 bits per heavy atom. The van der Waals surface area contributed by atoms with Crippen LogP contribution in [0.5, 0.6) is 0 Å². The molecule has 0 heterocycles. The van der Waals surface area contributed by atoms with Gasteiger partial charge in [0.05, 0.1) is 0 Å². The van der Waals surface area contributed by atoms with Crippen molar-refractivity contribution in [3.8, 4) is 0 Å². The fourth-order valence-electron chi connectivity index (χ4n) is 0.217. The van der Waals surface area contributed by atoms with Crippen molar-refractivity contribution in [2.24, 2.45) is 4.36 Å². The van der Waals surface area contributed by atoms with Gasteiger partial charge in [-0.1, -0.05) is 17.0 Å². The van der Waals surface area contributed by atoms with Gasteiger partial charge >= 0.3 is 16.6 Å². The topological polar surface area (TPSA) is 72.8 Å². The van der Waals surface area contributed by atoms with Crippen LogP contribution in [0.1, 0.15) is 0 Å². The lowest BCUT2D eigenvalue weighted by atomic mass is 10.7. The standard InChI is InChI=1S/C4H5NO4S/c1-2-3-9-4(6)5-10(7)8/h2H,1,3H2. The molecule has 0 aromatic rings. The second kappa shape index (κ2) is 4.68. The van der Waals surface area contributed by atoms with E-state index in [0.29, 0.717) is 0 Å². The molecule has 56 valence electrons. The zero-order valence-electron chi connectivity index (χ0n) is 4.98. The van der Waals surface area contributed by atoms with Crippen LogP contribution in [0, 0.1) is 0 Å². The summed E-state index contributed by atoms with van der Waals surface area (Å²) >= 11 is 0. The summed E-state index contributed by atoms with van der Waals surface area (Å²) in [5.41, 5.74) is 0. The molecule has 0 aromatic carbocycles. The third-order valence-electron chi connectivity index (χ3n) is 0.474. The second-order valence-electron chi connectivity index (χ2n) is 1.17. The third kappa shape index (κ3) is 4.98. The normalized spacial score (nSPS) is 8.00. The minimum absolute atomic E-state index is 0.0421. The van der Waals surface area contributed by atoms with Gasteiger partial charge in [0.1, 0.15) is 6.61 Å². The smallest absolute Gasteiger partial charge is 0.443 e. The fourth-order valence-corrected chi connectivity index (χ4v) is 0.392. The maximum Gasteiger partial charge on any atom is 0.449 e. The molecule has 0 radical (unpaired) electrons. The average Bonchev–Trinajstić information content (AvgIpc) is 1.82. The highest BCUT2D eigenvalue weighted by molar-refractivity contribution is 7.62. The SMILES string of the molecule is C=CCOC(=O)N=S(=O)=O. The van der Waals surface area contributed by atoms with E-state index in [0.717, 1.165) is 0 Å². The summed E-state index contributed by atoms with van der Waals surface area (Å²) in [7, 11) is -2.73. The molecule has 6 heteroatoms. The molecular formula is C4H5NO4S. The Bertz CT molecular complexity index is 244. The Morgan fingerprint density at radius 2 is 2.30 bits per heavy atom. The molecule has 0 fully saturated rings. The van der Waals surface area contributed by atoms with E-state index in [-0.39, 0.29) is 6.61 Å². The van der Waals surface area contributed by atoms with Gasteiger partial charge in [-0.2, -0.15) is 8.42 Å². The van der Waals surface area contributed by atoms with Crippen molar-refractivity contribution >= 4 is 16.6 Å². The number of amides is 1. The van der Waals surface area contributed by atoms with Gasteiger partial charge in [0, 0.05) is 0 Å². The van der Waals surface area contributed by atoms with E-state index in [1.54, 1.807) is 0 Å². The van der Waals surface area contributed by atoms with Crippen molar-refractivity contribution in [2.45, 2.75) is 0 Å². The van der Waals surface area contributed by atoms with Crippen molar-refractivity contribution in [3.05, 3.63) is 12.7 Å². The first kappa shape index (κ1) is 8.83. The van der Waals surface area contributed by atoms with E-state index in [1.807, 2.05) is 0 Å². The van der Waals surface area contributed by atoms with Crippen LogP contribution in [0.4, 0.5) is 4.79 Å². The molecule has 0 atom stereocenters. The van der Waals surface area contributed by atoms with Crippen LogP contribution in [0.2, 0.25) is 0 Å². The summed E-state index contributed by atoms with van der Waals surface area (Å²) in [6.07, 6.45) is 0.175. The van der Waals surface area contributed by atoms with Crippen LogP contribution < -0.4 is 0 Å². The lowest BCUT2D eigenvalue weighted by Crippen LogP contribution is -1.96. The monoisotopic (exact) mass is 163 g/mol. The number of nitrogens with zero attached hydrogens (tertiary/aromatic N) is 1. The van der Waals surface area contributed by atoms with E-state index >= 15 is 0 Å². The Balaban J connectivity index is 3.88. The third-order valence-corrected chi connectivity index (χ3v) is 0.772. The van der Waals surface area contributed by atoms with Gasteiger partial charge in [0.15, 0.2) is 0 Å². The molecule has 0 aliphatic carbocycles. The predicted molar refractivity (Wildman–Crippen MR) is 32.9 cm³/mol. The highest BCUT2D eigenvalue weighted by Crippen LogP contribution is 1.81. The number of rotatable bonds is 2. The second-order valence-corrected chi connectivity index (χ2v) is 1.79. The van der Waals surface area contributed by atoms with Crippen molar-refractivity contribution in [1.29, 1.82) is 0 Å². The van der Waals surface area contributed by atoms with Crippen LogP contribution in [-0.4, -0.2) is 21.1 Å². The molecule has 1 amide bonds. The van der Waals surface area contributed by atoms with Crippen LogP contribution in [-0.2, 0) is 15.2 Å². The summed E-state index contributed by atoms with van der Waals surface area (Å²) in [6.45, 7) is 3.20. The summed E-state index contributed by atoms with van der Waals surface area (Å²) in [6, 6.07) is 0. The number of carbonyl (C=O) groups excluding carboxylic acids is 1. The maximum absolute atomic E-state index is 10.2. The Morgan fingerprint density at radius 3 is 2.70 bits per heavy atom. The molecular weight excluding hydrogens is 158 g/mol. The molecule has 10 heavy (non-hydrogen) atoms. The van der Waals surface area contributed by atoms with E-state index in [2.05, 4.69) is 15.7 Å². The largest absolute Gasteiger partial charge is 0.449 e. The zero-order chi connectivity index (χ0) is 7.98. The molecule has 0 N–H and O–H groups in total. The molecule has 0 aliphatic rings. The minimum Gasteiger partial charge on any atom is -0.443 e. The lowest BCUT2D eigenvalue weighted by Gasteiger charge is -1.89. The van der Waals surface area contributed by atoms with Crippen LogP contribution >= 0.6 is 0 Å². The van der Waals surface area contributed by atoms with Gasteiger partial charge in [-0.25, -0.2) is 4.79 Å². The Kier molecular flexibility index (Phi) is 4.14. The number of carbonyl (C=O) groups is 1. The number of hydrogen-bond acceptors (Lipinski definition) is 4. The van der Waals surface area contributed by atoms with E-state index in [1.165, 1.54) is 6.08 Å². The van der Waals surface area contributed by atoms with Crippen LogP contribution in [0.25, 0.3) is 0 Å². The van der Waals surface area contributed by atoms with E-state index in [9.17, 15) is 13.2 Å². The van der Waals surface area contributed by atoms with Crippen molar-refractivity contribution in [3.63, 3.8) is 0 Å². The predicted octanol–water partition coefficient (Wildman–Crippen LogP) is 0.372.